The van der Waals surface area contributed by atoms with E-state index in [0.29, 0.717) is 69.7 Å². The van der Waals surface area contributed by atoms with Crippen LogP contribution in [0.2, 0.25) is 15.1 Å². The first-order valence-electron chi connectivity index (χ1n) is 16.2. The van der Waals surface area contributed by atoms with E-state index in [4.69, 9.17) is 49.0 Å². The number of para-hydroxylation sites is 1. The van der Waals surface area contributed by atoms with Gasteiger partial charge in [-0.3, -0.25) is 14.3 Å². The number of morpholine rings is 1. The van der Waals surface area contributed by atoms with Gasteiger partial charge in [0.15, 0.2) is 11.5 Å². The van der Waals surface area contributed by atoms with E-state index in [-0.39, 0.29) is 11.5 Å². The minimum atomic E-state index is -2.85. The largest absolute Gasteiger partial charge is 0.493 e. The number of ether oxygens (including phenoxy) is 3. The first kappa shape index (κ1) is 39.3. The van der Waals surface area contributed by atoms with Crippen LogP contribution in [0.4, 0.5) is 14.5 Å². The lowest BCUT2D eigenvalue weighted by molar-refractivity contribution is -0.129. The molecule has 4 aromatic carbocycles. The maximum Gasteiger partial charge on any atom is 0.282 e. The summed E-state index contributed by atoms with van der Waals surface area (Å²) in [5.74, 6) is 0.522. The van der Waals surface area contributed by atoms with Crippen molar-refractivity contribution in [2.24, 2.45) is 7.05 Å². The highest BCUT2D eigenvalue weighted by molar-refractivity contribution is 6.36. The van der Waals surface area contributed by atoms with Gasteiger partial charge in [0.05, 0.1) is 33.0 Å². The first-order valence-corrected chi connectivity index (χ1v) is 17.4. The molecule has 0 aliphatic carbocycles. The summed E-state index contributed by atoms with van der Waals surface area (Å²) < 4.78 is 43.4. The highest BCUT2D eigenvalue weighted by Crippen LogP contribution is 2.36. The predicted molar refractivity (Wildman–Crippen MR) is 203 cm³/mol. The average molecular weight is 784 g/mol. The van der Waals surface area contributed by atoms with Gasteiger partial charge in [0.2, 0.25) is 5.91 Å². The van der Waals surface area contributed by atoms with Crippen LogP contribution < -0.4 is 14.8 Å². The van der Waals surface area contributed by atoms with Gasteiger partial charge in [-0.05, 0) is 59.2 Å². The molecule has 53 heavy (non-hydrogen) atoms. The van der Waals surface area contributed by atoms with Crippen LogP contribution >= 0.6 is 34.8 Å². The molecule has 0 atom stereocenters. The van der Waals surface area contributed by atoms with Gasteiger partial charge in [0.1, 0.15) is 5.69 Å². The second-order valence-electron chi connectivity index (χ2n) is 11.6. The van der Waals surface area contributed by atoms with Crippen molar-refractivity contribution in [1.29, 1.82) is 0 Å². The second kappa shape index (κ2) is 18.2. The number of aryl methyl sites for hydroxylation is 1. The number of carbonyl (C=O) groups is 2. The molecule has 0 bridgehead atoms. The van der Waals surface area contributed by atoms with Crippen molar-refractivity contribution < 1.29 is 32.6 Å². The lowest BCUT2D eigenvalue weighted by Gasteiger charge is -2.26. The van der Waals surface area contributed by atoms with E-state index in [2.05, 4.69) is 10.4 Å². The Morgan fingerprint density at radius 2 is 1.51 bits per heavy atom. The lowest BCUT2D eigenvalue weighted by Crippen LogP contribution is -2.39. The Balaban J connectivity index is 0.000000204. The van der Waals surface area contributed by atoms with Crippen molar-refractivity contribution in [3.63, 3.8) is 0 Å². The third kappa shape index (κ3) is 9.94. The highest BCUT2D eigenvalue weighted by Gasteiger charge is 2.24. The molecule has 0 saturated carbocycles. The normalized spacial score (nSPS) is 12.9. The number of aromatic nitrogens is 2. The lowest BCUT2D eigenvalue weighted by atomic mass is 9.96. The second-order valence-corrected chi connectivity index (χ2v) is 12.9. The van der Waals surface area contributed by atoms with Crippen LogP contribution in [0.15, 0.2) is 97.2 Å². The number of benzene rings is 4. The zero-order valence-electron chi connectivity index (χ0n) is 28.9. The van der Waals surface area contributed by atoms with Crippen molar-refractivity contribution >= 4 is 57.9 Å². The molecule has 0 spiro atoms. The molecule has 6 rings (SSSR count). The number of hydrogen-bond donors (Lipinski definition) is 1. The highest BCUT2D eigenvalue weighted by atomic mass is 35.5. The Morgan fingerprint density at radius 3 is 2.17 bits per heavy atom. The number of rotatable bonds is 9. The van der Waals surface area contributed by atoms with Gasteiger partial charge >= 0.3 is 0 Å². The summed E-state index contributed by atoms with van der Waals surface area (Å²) in [6.45, 7) is 2.31. The number of halogens is 5. The molecular weight excluding hydrogens is 749 g/mol. The van der Waals surface area contributed by atoms with E-state index >= 15 is 0 Å². The van der Waals surface area contributed by atoms with Gasteiger partial charge in [-0.1, -0.05) is 77.3 Å². The van der Waals surface area contributed by atoms with E-state index in [9.17, 15) is 18.4 Å². The molecule has 1 N–H and O–H groups in total. The minimum absolute atomic E-state index is 0.0435. The zero-order chi connectivity index (χ0) is 38.1. The Labute approximate surface area is 320 Å². The molecule has 14 heteroatoms. The van der Waals surface area contributed by atoms with E-state index < -0.39 is 18.0 Å². The van der Waals surface area contributed by atoms with E-state index in [1.54, 1.807) is 67.7 Å². The maximum absolute atomic E-state index is 13.1. The van der Waals surface area contributed by atoms with Crippen molar-refractivity contribution in [1.82, 2.24) is 14.7 Å². The molecule has 2 amide bonds. The summed E-state index contributed by atoms with van der Waals surface area (Å²) in [6, 6.07) is 25.0. The Morgan fingerprint density at radius 1 is 0.849 bits per heavy atom. The molecule has 9 nitrogen and oxygen atoms in total. The molecule has 0 radical (unpaired) electrons. The number of carbonyl (C=O) groups excluding carboxylic acids is 2. The van der Waals surface area contributed by atoms with Crippen LogP contribution in [0.1, 0.15) is 33.6 Å². The summed E-state index contributed by atoms with van der Waals surface area (Å²) in [5.41, 5.74) is 3.54. The summed E-state index contributed by atoms with van der Waals surface area (Å²) in [7, 11) is 4.66. The summed E-state index contributed by atoms with van der Waals surface area (Å²) in [4.78, 5) is 27.1. The third-order valence-electron chi connectivity index (χ3n) is 8.15. The van der Waals surface area contributed by atoms with Gasteiger partial charge in [0.25, 0.3) is 12.3 Å². The molecule has 1 fully saturated rings. The molecule has 5 aromatic rings. The fourth-order valence-electron chi connectivity index (χ4n) is 5.53. The van der Waals surface area contributed by atoms with Crippen LogP contribution in [0, 0.1) is 0 Å². The predicted octanol–water partition coefficient (Wildman–Crippen LogP) is 9.23. The van der Waals surface area contributed by atoms with Crippen LogP contribution in [0.5, 0.6) is 11.5 Å². The number of methoxy groups -OCH3 is 2. The zero-order valence-corrected chi connectivity index (χ0v) is 31.2. The molecule has 0 unspecified atom stereocenters. The van der Waals surface area contributed by atoms with Gasteiger partial charge in [0, 0.05) is 64.3 Å². The van der Waals surface area contributed by atoms with Crippen LogP contribution in [-0.4, -0.2) is 67.0 Å². The van der Waals surface area contributed by atoms with E-state index in [1.807, 2.05) is 42.5 Å². The molecular formula is C39H35Cl3F2N4O5. The first-order chi connectivity index (χ1) is 25.5. The third-order valence-corrected chi connectivity index (χ3v) is 8.95. The summed E-state index contributed by atoms with van der Waals surface area (Å²) in [6.07, 6.45) is 0.0720. The van der Waals surface area contributed by atoms with Crippen molar-refractivity contribution in [2.75, 3.05) is 45.8 Å². The number of nitrogens with zero attached hydrogens (tertiary/aromatic N) is 3. The fourth-order valence-corrected chi connectivity index (χ4v) is 6.17. The smallest absolute Gasteiger partial charge is 0.282 e. The van der Waals surface area contributed by atoms with Crippen LogP contribution in [-0.2, 0) is 16.6 Å². The Kier molecular flexibility index (Phi) is 13.5. The fraction of sp³-hybridized carbons (Fsp3) is 0.205. The van der Waals surface area contributed by atoms with Gasteiger partial charge in [-0.15, -0.1) is 0 Å². The van der Waals surface area contributed by atoms with Crippen LogP contribution in [0.3, 0.4) is 0 Å². The number of alkyl halides is 2. The number of amides is 2. The summed E-state index contributed by atoms with van der Waals surface area (Å²) in [5, 5.41) is 7.84. The molecule has 1 aliphatic rings. The molecule has 1 saturated heterocycles. The number of anilines is 1. The number of nitrogens with one attached hydrogen (secondary N) is 1. The van der Waals surface area contributed by atoms with Crippen molar-refractivity contribution in [2.45, 2.75) is 6.43 Å². The Hall–Kier alpha value is -4.94. The average Bonchev–Trinajstić information content (AvgIpc) is 3.57. The van der Waals surface area contributed by atoms with Crippen molar-refractivity contribution in [3.05, 3.63) is 135 Å². The Bertz CT molecular complexity index is 2100. The molecule has 1 aromatic heterocycles. The molecule has 276 valence electrons. The summed E-state index contributed by atoms with van der Waals surface area (Å²) >= 11 is 18.2. The minimum Gasteiger partial charge on any atom is -0.493 e. The quantitative estimate of drug-likeness (QED) is 0.150. The molecule has 1 aliphatic heterocycles. The van der Waals surface area contributed by atoms with Gasteiger partial charge in [-0.25, -0.2) is 8.78 Å². The van der Waals surface area contributed by atoms with Crippen LogP contribution in [0.25, 0.3) is 16.7 Å². The van der Waals surface area contributed by atoms with E-state index in [0.717, 1.165) is 16.7 Å². The van der Waals surface area contributed by atoms with Gasteiger partial charge < -0.3 is 24.4 Å². The topological polar surface area (TPSA) is 94.9 Å². The maximum atomic E-state index is 13.1. The standard InChI is InChI=1S/C21H22ClNO4.C18H13Cl2F2N3O/c1-25-19-8-5-16(13-20(19)26-2)18(15-3-6-17(22)7-4-15)14-21(24)23-9-11-27-12-10-23;1-25-9-13(16(24-25)17(21)22)18(26)23-15-5-3-2-4-12(15)11-7-6-10(19)8-14(11)20/h3-8,13-14H,9-12H2,1-2H3;2-9,17H,1H3,(H,23,26)/b18-14-;. The number of hydrogen-bond acceptors (Lipinski definition) is 6. The van der Waals surface area contributed by atoms with Crippen molar-refractivity contribution in [3.8, 4) is 22.6 Å². The van der Waals surface area contributed by atoms with Gasteiger partial charge in [-0.2, -0.15) is 5.10 Å². The van der Waals surface area contributed by atoms with E-state index in [1.165, 1.54) is 17.9 Å². The molecule has 2 heterocycles. The SMILES string of the molecule is COc1ccc(/C(=C\C(=O)N2CCOCC2)c2ccc(Cl)cc2)cc1OC.Cn1cc(C(=O)Nc2ccccc2-c2ccc(Cl)cc2Cl)c(C(F)F)n1. The monoisotopic (exact) mass is 782 g/mol.